The number of fused-ring (bicyclic) bond motifs is 1. The Balaban J connectivity index is 1.62. The molecule has 0 aromatic heterocycles. The van der Waals surface area contributed by atoms with Gasteiger partial charge in [0, 0.05) is 28.4 Å². The van der Waals surface area contributed by atoms with Crippen LogP contribution < -0.4 is 9.47 Å². The molecule has 1 heterocycles. The van der Waals surface area contributed by atoms with Crippen molar-refractivity contribution in [2.75, 3.05) is 14.2 Å². The first-order valence-corrected chi connectivity index (χ1v) is 9.66. The van der Waals surface area contributed by atoms with Gasteiger partial charge in [0.25, 0.3) is 0 Å². The van der Waals surface area contributed by atoms with Gasteiger partial charge in [0.1, 0.15) is 11.5 Å². The van der Waals surface area contributed by atoms with E-state index in [9.17, 15) is 0 Å². The van der Waals surface area contributed by atoms with Gasteiger partial charge in [0.2, 0.25) is 0 Å². The fourth-order valence-electron chi connectivity index (χ4n) is 4.82. The zero-order valence-corrected chi connectivity index (χ0v) is 16.6. The molecule has 0 radical (unpaired) electrons. The number of ether oxygens (including phenoxy) is 2. The predicted octanol–water partition coefficient (Wildman–Crippen LogP) is 4.74. The molecule has 3 aliphatic rings. The van der Waals surface area contributed by atoms with Gasteiger partial charge in [-0.2, -0.15) is 10.2 Å². The Labute approximate surface area is 165 Å². The van der Waals surface area contributed by atoms with E-state index >= 15 is 0 Å². The van der Waals surface area contributed by atoms with Crippen LogP contribution in [0.1, 0.15) is 25.0 Å². The fourth-order valence-corrected chi connectivity index (χ4v) is 4.82. The summed E-state index contributed by atoms with van der Waals surface area (Å²) in [5.41, 5.74) is 4.51. The van der Waals surface area contributed by atoms with Crippen molar-refractivity contribution < 1.29 is 9.47 Å². The molecule has 0 spiro atoms. The second-order valence-corrected chi connectivity index (χ2v) is 8.29. The van der Waals surface area contributed by atoms with Gasteiger partial charge in [-0.25, -0.2) is 0 Å². The van der Waals surface area contributed by atoms with Crippen molar-refractivity contribution in [1.29, 1.82) is 0 Å². The highest BCUT2D eigenvalue weighted by Gasteiger charge is 2.74. The van der Waals surface area contributed by atoms with Crippen LogP contribution in [0.25, 0.3) is 0 Å². The van der Waals surface area contributed by atoms with Gasteiger partial charge in [0.15, 0.2) is 0 Å². The third-order valence-corrected chi connectivity index (χ3v) is 6.93. The first kappa shape index (κ1) is 17.2. The van der Waals surface area contributed by atoms with Crippen LogP contribution in [-0.4, -0.2) is 25.6 Å². The second kappa shape index (κ2) is 5.81. The maximum atomic E-state index is 5.43. The Morgan fingerprint density at radius 3 is 1.61 bits per heavy atom. The molecule has 2 aromatic rings. The molecule has 0 N–H and O–H groups in total. The highest BCUT2D eigenvalue weighted by Crippen LogP contribution is 2.74. The second-order valence-electron chi connectivity index (χ2n) is 8.29. The van der Waals surface area contributed by atoms with Crippen molar-refractivity contribution in [2.45, 2.75) is 13.8 Å². The zero-order chi connectivity index (χ0) is 19.5. The molecule has 1 fully saturated rings. The number of hydrogen-bond acceptors (Lipinski definition) is 4. The Kier molecular flexibility index (Phi) is 3.57. The Morgan fingerprint density at radius 2 is 1.21 bits per heavy atom. The van der Waals surface area contributed by atoms with Gasteiger partial charge >= 0.3 is 0 Å². The van der Waals surface area contributed by atoms with Gasteiger partial charge in [-0.1, -0.05) is 50.3 Å². The van der Waals surface area contributed by atoms with Gasteiger partial charge in [-0.05, 0) is 29.7 Å². The summed E-state index contributed by atoms with van der Waals surface area (Å²) in [5, 5.41) is 9.46. The summed E-state index contributed by atoms with van der Waals surface area (Å²) in [6, 6.07) is 16.3. The first-order valence-electron chi connectivity index (χ1n) is 9.66. The van der Waals surface area contributed by atoms with E-state index in [4.69, 9.17) is 19.7 Å². The largest absolute Gasteiger partial charge is 0.497 e. The van der Waals surface area contributed by atoms with E-state index in [1.54, 1.807) is 14.2 Å². The van der Waals surface area contributed by atoms with E-state index in [1.807, 2.05) is 24.3 Å². The van der Waals surface area contributed by atoms with E-state index in [0.29, 0.717) is 11.8 Å². The third-order valence-electron chi connectivity index (χ3n) is 6.93. The number of methoxy groups -OCH3 is 2. The molecule has 4 nitrogen and oxygen atoms in total. The zero-order valence-electron chi connectivity index (χ0n) is 16.6. The van der Waals surface area contributed by atoms with E-state index in [0.717, 1.165) is 34.0 Å². The maximum Gasteiger partial charge on any atom is 0.119 e. The monoisotopic (exact) mass is 372 g/mol. The molecule has 2 aliphatic carbocycles. The molecule has 1 unspecified atom stereocenters. The minimum absolute atomic E-state index is 0.0767. The number of rotatable bonds is 5. The summed E-state index contributed by atoms with van der Waals surface area (Å²) >= 11 is 0. The van der Waals surface area contributed by atoms with Crippen molar-refractivity contribution in [3.8, 4) is 11.5 Å². The third kappa shape index (κ3) is 2.30. The molecule has 142 valence electrons. The Bertz CT molecular complexity index is 975. The van der Waals surface area contributed by atoms with Crippen molar-refractivity contribution in [1.82, 2.24) is 0 Å². The lowest BCUT2D eigenvalue weighted by Crippen LogP contribution is -2.19. The van der Waals surface area contributed by atoms with Crippen LogP contribution in [0.3, 0.4) is 0 Å². The normalized spacial score (nSPS) is 28.7. The molecule has 1 saturated carbocycles. The fraction of sp³-hybridized carbons (Fsp3) is 0.333. The van der Waals surface area contributed by atoms with E-state index in [-0.39, 0.29) is 10.8 Å². The van der Waals surface area contributed by atoms with Gasteiger partial charge < -0.3 is 9.47 Å². The molecule has 3 atom stereocenters. The van der Waals surface area contributed by atoms with E-state index < -0.39 is 0 Å². The Morgan fingerprint density at radius 1 is 0.750 bits per heavy atom. The van der Waals surface area contributed by atoms with Crippen LogP contribution in [0, 0.1) is 22.7 Å². The molecule has 0 saturated heterocycles. The molecule has 28 heavy (non-hydrogen) atoms. The highest BCUT2D eigenvalue weighted by molar-refractivity contribution is 6.16. The molecular formula is C24H24N2O2. The molecular weight excluding hydrogens is 348 g/mol. The van der Waals surface area contributed by atoms with Crippen molar-refractivity contribution in [3.05, 3.63) is 71.8 Å². The van der Waals surface area contributed by atoms with Crippen LogP contribution in [0.2, 0.25) is 0 Å². The summed E-state index contributed by atoms with van der Waals surface area (Å²) < 4.78 is 10.9. The number of hydrogen-bond donors (Lipinski definition) is 0. The summed E-state index contributed by atoms with van der Waals surface area (Å²) in [7, 11) is 3.39. The minimum Gasteiger partial charge on any atom is -0.497 e. The average molecular weight is 372 g/mol. The molecule has 5 rings (SSSR count). The molecule has 0 amide bonds. The smallest absolute Gasteiger partial charge is 0.119 e. The molecule has 1 aliphatic heterocycles. The maximum absolute atomic E-state index is 5.43. The lowest BCUT2D eigenvalue weighted by atomic mass is 9.81. The minimum atomic E-state index is 0.0767. The highest BCUT2D eigenvalue weighted by atomic mass is 16.5. The summed E-state index contributed by atoms with van der Waals surface area (Å²) in [4.78, 5) is 0. The number of benzene rings is 2. The van der Waals surface area contributed by atoms with Crippen LogP contribution in [0.15, 0.2) is 70.9 Å². The topological polar surface area (TPSA) is 43.2 Å². The summed E-state index contributed by atoms with van der Waals surface area (Å²) in [6.45, 7) is 4.69. The molecule has 0 bridgehead atoms. The SMILES string of the molecule is COc1cccc(C2=NN=C(c3cccc(OC)c3)[C@H]3[C@@H]2C3(C)C2(C)C=C2)c1. The lowest BCUT2D eigenvalue weighted by Gasteiger charge is -2.21. The average Bonchev–Trinajstić information content (AvgIpc) is 3.65. The van der Waals surface area contributed by atoms with Crippen molar-refractivity contribution in [2.24, 2.45) is 32.9 Å². The summed E-state index contributed by atoms with van der Waals surface area (Å²) in [6.07, 6.45) is 4.63. The van der Waals surface area contributed by atoms with Gasteiger partial charge in [-0.15, -0.1) is 0 Å². The summed E-state index contributed by atoms with van der Waals surface area (Å²) in [5.74, 6) is 2.35. The first-order chi connectivity index (χ1) is 13.5. The predicted molar refractivity (Wildman–Crippen MR) is 111 cm³/mol. The van der Waals surface area contributed by atoms with Crippen molar-refractivity contribution >= 4 is 11.4 Å². The number of nitrogens with zero attached hydrogens (tertiary/aromatic N) is 2. The van der Waals surface area contributed by atoms with Crippen molar-refractivity contribution in [3.63, 3.8) is 0 Å². The van der Waals surface area contributed by atoms with Crippen LogP contribution >= 0.6 is 0 Å². The standard InChI is InChI=1S/C24H24N2O2/c1-23(11-12-23)24(2)19-20(24)22(16-8-6-10-18(14-16)28-4)26-25-21(19)15-7-5-9-17(13-15)27-3/h5-14,19-20H,1-4H3/t19-,20+,24?. The van der Waals surface area contributed by atoms with Crippen LogP contribution in [0.5, 0.6) is 11.5 Å². The van der Waals surface area contributed by atoms with Gasteiger partial charge in [0.05, 0.1) is 25.6 Å². The van der Waals surface area contributed by atoms with Crippen LogP contribution in [-0.2, 0) is 0 Å². The molecule has 2 aromatic carbocycles. The lowest BCUT2D eigenvalue weighted by molar-refractivity contribution is 0.354. The van der Waals surface area contributed by atoms with Gasteiger partial charge in [-0.3, -0.25) is 0 Å². The number of allylic oxidation sites excluding steroid dienone is 2. The molecule has 4 heteroatoms. The Hall–Kier alpha value is -2.88. The quantitative estimate of drug-likeness (QED) is 0.712. The van der Waals surface area contributed by atoms with E-state index in [2.05, 4.69) is 50.3 Å². The van der Waals surface area contributed by atoms with Crippen LogP contribution in [0.4, 0.5) is 0 Å². The van der Waals surface area contributed by atoms with E-state index in [1.165, 1.54) is 0 Å².